The molecule has 0 aromatic heterocycles. The van der Waals surface area contributed by atoms with Gasteiger partial charge < -0.3 is 17.7 Å². The van der Waals surface area contributed by atoms with Crippen LogP contribution in [0.15, 0.2) is 18.2 Å². The molecule has 1 aromatic carbocycles. The van der Waals surface area contributed by atoms with E-state index in [9.17, 15) is 4.79 Å². The SMILES string of the molecule is C[N+]1(C)CC(=O)Nc2cc(Cl)ccc21.[Cl-]. The van der Waals surface area contributed by atoms with E-state index in [0.29, 0.717) is 16.1 Å². The minimum absolute atomic E-state index is 0. The van der Waals surface area contributed by atoms with E-state index in [0.717, 1.165) is 11.4 Å². The molecule has 0 aliphatic carbocycles. The maximum Gasteiger partial charge on any atom is 0.280 e. The third-order valence-corrected chi connectivity index (χ3v) is 2.66. The summed E-state index contributed by atoms with van der Waals surface area (Å²) in [5.74, 6) is 0.0322. The van der Waals surface area contributed by atoms with Gasteiger partial charge in [0.2, 0.25) is 0 Å². The maximum absolute atomic E-state index is 11.4. The Balaban J connectivity index is 0.00000112. The van der Waals surface area contributed by atoms with Crippen LogP contribution in [0.5, 0.6) is 0 Å². The largest absolute Gasteiger partial charge is 1.00 e. The Morgan fingerprint density at radius 2 is 2.07 bits per heavy atom. The summed E-state index contributed by atoms with van der Waals surface area (Å²) >= 11 is 5.86. The molecule has 0 fully saturated rings. The van der Waals surface area contributed by atoms with Crippen LogP contribution in [0.2, 0.25) is 5.02 Å². The lowest BCUT2D eigenvalue weighted by molar-refractivity contribution is -0.117. The molecule has 1 aliphatic heterocycles. The Hall–Kier alpha value is -0.770. The lowest BCUT2D eigenvalue weighted by Gasteiger charge is -2.34. The van der Waals surface area contributed by atoms with Gasteiger partial charge in [-0.15, -0.1) is 0 Å². The van der Waals surface area contributed by atoms with Crippen molar-refractivity contribution in [2.75, 3.05) is 26.0 Å². The number of rotatable bonds is 0. The summed E-state index contributed by atoms with van der Waals surface area (Å²) in [5.41, 5.74) is 1.91. The molecule has 0 radical (unpaired) electrons. The molecule has 1 aliphatic rings. The predicted octanol–water partition coefficient (Wildman–Crippen LogP) is -1.14. The molecule has 0 unspecified atom stereocenters. The smallest absolute Gasteiger partial charge is 0.280 e. The average molecular weight is 247 g/mol. The van der Waals surface area contributed by atoms with Gasteiger partial charge in [-0.05, 0) is 12.1 Å². The van der Waals surface area contributed by atoms with Gasteiger partial charge in [0.05, 0.1) is 14.1 Å². The van der Waals surface area contributed by atoms with Gasteiger partial charge in [0, 0.05) is 11.1 Å². The molecule has 0 spiro atoms. The summed E-state index contributed by atoms with van der Waals surface area (Å²) < 4.78 is 0.568. The van der Waals surface area contributed by atoms with Gasteiger partial charge in [0.15, 0.2) is 12.2 Å². The molecule has 0 saturated heterocycles. The molecule has 0 bridgehead atoms. The lowest BCUT2D eigenvalue weighted by atomic mass is 10.1. The summed E-state index contributed by atoms with van der Waals surface area (Å²) in [6.07, 6.45) is 0. The first-order chi connectivity index (χ1) is 6.49. The standard InChI is InChI=1S/C10H11ClN2O.ClH/c1-13(2)6-10(14)12-8-5-7(11)3-4-9(8)13;/h3-5H,6H2,1-2H3;1H. The van der Waals surface area contributed by atoms with Gasteiger partial charge in [0.1, 0.15) is 5.69 Å². The first-order valence-corrected chi connectivity index (χ1v) is 4.80. The monoisotopic (exact) mass is 246 g/mol. The van der Waals surface area contributed by atoms with Gasteiger partial charge in [-0.1, -0.05) is 11.6 Å². The minimum Gasteiger partial charge on any atom is -1.00 e. The van der Waals surface area contributed by atoms with E-state index >= 15 is 0 Å². The van der Waals surface area contributed by atoms with E-state index in [4.69, 9.17) is 11.6 Å². The fourth-order valence-electron chi connectivity index (χ4n) is 1.77. The van der Waals surface area contributed by atoms with Crippen LogP contribution < -0.4 is 22.2 Å². The normalized spacial score (nSPS) is 17.4. The summed E-state index contributed by atoms with van der Waals surface area (Å²) in [6.45, 7) is 0.467. The summed E-state index contributed by atoms with van der Waals surface area (Å²) in [4.78, 5) is 11.4. The molecule has 0 saturated carbocycles. The summed E-state index contributed by atoms with van der Waals surface area (Å²) in [7, 11) is 4.01. The fraction of sp³-hybridized carbons (Fsp3) is 0.300. The Morgan fingerprint density at radius 3 is 2.73 bits per heavy atom. The van der Waals surface area contributed by atoms with Crippen molar-refractivity contribution in [3.8, 4) is 0 Å². The molecule has 1 aromatic rings. The van der Waals surface area contributed by atoms with Crippen LogP contribution in [0.4, 0.5) is 11.4 Å². The number of likely N-dealkylation sites (N-methyl/N-ethyl adjacent to an activating group) is 1. The van der Waals surface area contributed by atoms with Crippen LogP contribution in [0.3, 0.4) is 0 Å². The van der Waals surface area contributed by atoms with Crippen LogP contribution in [0.25, 0.3) is 0 Å². The second-order valence-corrected chi connectivity index (χ2v) is 4.49. The van der Waals surface area contributed by atoms with Crippen molar-refractivity contribution in [2.45, 2.75) is 0 Å². The Labute approximate surface area is 100 Å². The third-order valence-electron chi connectivity index (χ3n) is 2.42. The van der Waals surface area contributed by atoms with Gasteiger partial charge in [-0.2, -0.15) is 0 Å². The van der Waals surface area contributed by atoms with E-state index in [2.05, 4.69) is 5.32 Å². The molecule has 1 amide bonds. The Morgan fingerprint density at radius 1 is 1.40 bits per heavy atom. The van der Waals surface area contributed by atoms with Crippen molar-refractivity contribution >= 4 is 28.9 Å². The van der Waals surface area contributed by atoms with Crippen molar-refractivity contribution < 1.29 is 17.2 Å². The number of halogens is 2. The van der Waals surface area contributed by atoms with Crippen LogP contribution in [0.1, 0.15) is 0 Å². The number of carbonyl (C=O) groups is 1. The zero-order valence-corrected chi connectivity index (χ0v) is 10.1. The van der Waals surface area contributed by atoms with Crippen molar-refractivity contribution in [1.82, 2.24) is 4.48 Å². The number of benzene rings is 1. The van der Waals surface area contributed by atoms with Crippen LogP contribution in [-0.4, -0.2) is 26.5 Å². The molecular formula is C10H12Cl2N2O. The van der Waals surface area contributed by atoms with Crippen LogP contribution in [0, 0.1) is 0 Å². The van der Waals surface area contributed by atoms with Crippen molar-refractivity contribution in [3.63, 3.8) is 0 Å². The van der Waals surface area contributed by atoms with E-state index in [-0.39, 0.29) is 18.3 Å². The van der Waals surface area contributed by atoms with Gasteiger partial charge in [-0.25, -0.2) is 0 Å². The number of hydrogen-bond donors (Lipinski definition) is 1. The lowest BCUT2D eigenvalue weighted by Crippen LogP contribution is -3.00. The highest BCUT2D eigenvalue weighted by Gasteiger charge is 2.31. The highest BCUT2D eigenvalue weighted by Crippen LogP contribution is 2.34. The summed E-state index contributed by atoms with van der Waals surface area (Å²) in [5, 5.41) is 3.46. The molecule has 0 atom stereocenters. The number of nitrogens with zero attached hydrogens (tertiary/aromatic N) is 1. The first-order valence-electron chi connectivity index (χ1n) is 4.42. The highest BCUT2D eigenvalue weighted by atomic mass is 35.5. The fourth-order valence-corrected chi connectivity index (χ4v) is 1.94. The van der Waals surface area contributed by atoms with E-state index in [1.54, 1.807) is 6.07 Å². The Bertz CT molecular complexity index is 404. The molecule has 2 rings (SSSR count). The Kier molecular flexibility index (Phi) is 3.28. The van der Waals surface area contributed by atoms with Gasteiger partial charge in [-0.3, -0.25) is 9.28 Å². The predicted molar refractivity (Wildman–Crippen MR) is 58.6 cm³/mol. The summed E-state index contributed by atoms with van der Waals surface area (Å²) in [6, 6.07) is 5.59. The molecule has 82 valence electrons. The second-order valence-electron chi connectivity index (χ2n) is 4.05. The zero-order valence-electron chi connectivity index (χ0n) is 8.55. The number of hydrogen-bond acceptors (Lipinski definition) is 1. The molecular weight excluding hydrogens is 235 g/mol. The molecule has 3 nitrogen and oxygen atoms in total. The van der Waals surface area contributed by atoms with Crippen molar-refractivity contribution in [2.24, 2.45) is 0 Å². The van der Waals surface area contributed by atoms with Crippen LogP contribution >= 0.6 is 11.6 Å². The molecule has 15 heavy (non-hydrogen) atoms. The van der Waals surface area contributed by atoms with Gasteiger partial charge >= 0.3 is 0 Å². The highest BCUT2D eigenvalue weighted by molar-refractivity contribution is 6.31. The van der Waals surface area contributed by atoms with E-state index in [1.807, 2.05) is 26.2 Å². The molecule has 1 heterocycles. The topological polar surface area (TPSA) is 29.1 Å². The van der Waals surface area contributed by atoms with E-state index < -0.39 is 0 Å². The number of quaternary nitrogens is 1. The van der Waals surface area contributed by atoms with Crippen LogP contribution in [-0.2, 0) is 4.79 Å². The third kappa shape index (κ3) is 2.25. The number of nitrogens with one attached hydrogen (secondary N) is 1. The second kappa shape index (κ2) is 4.00. The molecule has 5 heteroatoms. The van der Waals surface area contributed by atoms with E-state index in [1.165, 1.54) is 0 Å². The zero-order chi connectivity index (χ0) is 10.3. The number of anilines is 1. The van der Waals surface area contributed by atoms with Crippen molar-refractivity contribution in [1.29, 1.82) is 0 Å². The van der Waals surface area contributed by atoms with Crippen molar-refractivity contribution in [3.05, 3.63) is 23.2 Å². The number of fused-ring (bicyclic) bond motifs is 1. The quantitative estimate of drug-likeness (QED) is 0.577. The van der Waals surface area contributed by atoms with Gasteiger partial charge in [0.25, 0.3) is 5.91 Å². The first kappa shape index (κ1) is 12.3. The number of carbonyl (C=O) groups excluding carboxylic acids is 1. The maximum atomic E-state index is 11.4. The number of amides is 1. The minimum atomic E-state index is 0. The average Bonchev–Trinajstić information content (AvgIpc) is 2.00. The molecule has 1 N–H and O–H groups in total.